The van der Waals surface area contributed by atoms with Gasteiger partial charge in [0.2, 0.25) is 0 Å². The van der Waals surface area contributed by atoms with Crippen LogP contribution in [0.15, 0.2) is 24.3 Å². The SMILES string of the molecule is CCC1CCCCN1Cc1cccc(C#CCCO)c1. The molecule has 0 aliphatic carbocycles. The van der Waals surface area contributed by atoms with E-state index in [1.54, 1.807) is 0 Å². The lowest BCUT2D eigenvalue weighted by atomic mass is 9.99. The monoisotopic (exact) mass is 271 g/mol. The van der Waals surface area contributed by atoms with E-state index in [1.165, 1.54) is 37.8 Å². The summed E-state index contributed by atoms with van der Waals surface area (Å²) in [5.41, 5.74) is 2.40. The third kappa shape index (κ3) is 4.37. The maximum absolute atomic E-state index is 8.76. The highest BCUT2D eigenvalue weighted by molar-refractivity contribution is 5.37. The molecule has 1 aromatic carbocycles. The van der Waals surface area contributed by atoms with Crippen molar-refractivity contribution >= 4 is 0 Å². The van der Waals surface area contributed by atoms with Gasteiger partial charge in [-0.2, -0.15) is 0 Å². The Labute approximate surface area is 122 Å². The van der Waals surface area contributed by atoms with E-state index in [4.69, 9.17) is 5.11 Å². The lowest BCUT2D eigenvalue weighted by Gasteiger charge is -2.35. The number of piperidine rings is 1. The van der Waals surface area contributed by atoms with E-state index in [9.17, 15) is 0 Å². The second kappa shape index (κ2) is 8.09. The molecule has 1 unspecified atom stereocenters. The third-order valence-electron chi connectivity index (χ3n) is 4.00. The van der Waals surface area contributed by atoms with Crippen LogP contribution in [0.2, 0.25) is 0 Å². The molecule has 2 nitrogen and oxygen atoms in total. The largest absolute Gasteiger partial charge is 0.395 e. The molecule has 20 heavy (non-hydrogen) atoms. The molecule has 0 aromatic heterocycles. The van der Waals surface area contributed by atoms with Gasteiger partial charge in [0.05, 0.1) is 6.61 Å². The molecule has 1 fully saturated rings. The maximum atomic E-state index is 8.76. The minimum absolute atomic E-state index is 0.138. The molecule has 1 aliphatic rings. The number of likely N-dealkylation sites (tertiary alicyclic amines) is 1. The number of benzene rings is 1. The first-order valence-corrected chi connectivity index (χ1v) is 7.76. The average molecular weight is 271 g/mol. The Morgan fingerprint density at radius 1 is 1.35 bits per heavy atom. The van der Waals surface area contributed by atoms with Crippen LogP contribution in [0.4, 0.5) is 0 Å². The lowest BCUT2D eigenvalue weighted by molar-refractivity contribution is 0.136. The summed E-state index contributed by atoms with van der Waals surface area (Å²) >= 11 is 0. The highest BCUT2D eigenvalue weighted by atomic mass is 16.2. The van der Waals surface area contributed by atoms with Gasteiger partial charge in [0, 0.05) is 24.6 Å². The number of hydrogen-bond acceptors (Lipinski definition) is 2. The van der Waals surface area contributed by atoms with Crippen LogP contribution in [0.3, 0.4) is 0 Å². The molecule has 0 bridgehead atoms. The van der Waals surface area contributed by atoms with Gasteiger partial charge in [-0.1, -0.05) is 37.3 Å². The van der Waals surface area contributed by atoms with Gasteiger partial charge >= 0.3 is 0 Å². The van der Waals surface area contributed by atoms with Crippen LogP contribution in [0, 0.1) is 11.8 Å². The highest BCUT2D eigenvalue weighted by Gasteiger charge is 2.20. The molecule has 1 aliphatic heterocycles. The molecular weight excluding hydrogens is 246 g/mol. The number of aliphatic hydroxyl groups excluding tert-OH is 1. The molecule has 0 saturated carbocycles. The van der Waals surface area contributed by atoms with Crippen LogP contribution >= 0.6 is 0 Å². The molecule has 0 amide bonds. The van der Waals surface area contributed by atoms with E-state index >= 15 is 0 Å². The van der Waals surface area contributed by atoms with E-state index in [2.05, 4.69) is 41.9 Å². The Balaban J connectivity index is 2.02. The van der Waals surface area contributed by atoms with Crippen molar-refractivity contribution in [3.63, 3.8) is 0 Å². The fourth-order valence-corrected chi connectivity index (χ4v) is 2.93. The Morgan fingerprint density at radius 3 is 3.05 bits per heavy atom. The number of hydrogen-bond donors (Lipinski definition) is 1. The van der Waals surface area contributed by atoms with Crippen molar-refractivity contribution in [2.75, 3.05) is 13.2 Å². The zero-order valence-corrected chi connectivity index (χ0v) is 12.4. The molecule has 1 saturated heterocycles. The van der Waals surface area contributed by atoms with Crippen molar-refractivity contribution in [3.05, 3.63) is 35.4 Å². The molecule has 1 aromatic rings. The van der Waals surface area contributed by atoms with Crippen molar-refractivity contribution in [2.24, 2.45) is 0 Å². The topological polar surface area (TPSA) is 23.5 Å². The first-order valence-electron chi connectivity index (χ1n) is 7.76. The zero-order chi connectivity index (χ0) is 14.2. The Bertz CT molecular complexity index is 472. The van der Waals surface area contributed by atoms with Crippen LogP contribution < -0.4 is 0 Å². The predicted octanol–water partition coefficient (Wildman–Crippen LogP) is 3.19. The fourth-order valence-electron chi connectivity index (χ4n) is 2.93. The molecule has 1 N–H and O–H groups in total. The summed E-state index contributed by atoms with van der Waals surface area (Å²) in [4.78, 5) is 2.61. The minimum atomic E-state index is 0.138. The molecule has 1 atom stereocenters. The summed E-state index contributed by atoms with van der Waals surface area (Å²) < 4.78 is 0. The average Bonchev–Trinajstić information content (AvgIpc) is 2.48. The Kier molecular flexibility index (Phi) is 6.11. The molecule has 0 radical (unpaired) electrons. The summed E-state index contributed by atoms with van der Waals surface area (Å²) in [5.74, 6) is 6.11. The van der Waals surface area contributed by atoms with E-state index in [-0.39, 0.29) is 6.61 Å². The summed E-state index contributed by atoms with van der Waals surface area (Å²) in [6.07, 6.45) is 5.84. The maximum Gasteiger partial charge on any atom is 0.0540 e. The summed E-state index contributed by atoms with van der Waals surface area (Å²) in [6.45, 7) is 4.69. The first-order chi connectivity index (χ1) is 9.83. The van der Waals surface area contributed by atoms with Crippen molar-refractivity contribution in [2.45, 2.75) is 51.6 Å². The van der Waals surface area contributed by atoms with Gasteiger partial charge in [-0.15, -0.1) is 0 Å². The summed E-state index contributed by atoms with van der Waals surface area (Å²) in [6, 6.07) is 9.25. The molecule has 0 spiro atoms. The van der Waals surface area contributed by atoms with Gasteiger partial charge < -0.3 is 5.11 Å². The van der Waals surface area contributed by atoms with Gasteiger partial charge in [0.1, 0.15) is 0 Å². The summed E-state index contributed by atoms with van der Waals surface area (Å²) in [5, 5.41) is 8.76. The summed E-state index contributed by atoms with van der Waals surface area (Å²) in [7, 11) is 0. The lowest BCUT2D eigenvalue weighted by Crippen LogP contribution is -2.38. The van der Waals surface area contributed by atoms with E-state index in [1.807, 2.05) is 6.07 Å². The zero-order valence-electron chi connectivity index (χ0n) is 12.4. The quantitative estimate of drug-likeness (QED) is 0.850. The van der Waals surface area contributed by atoms with Gasteiger partial charge in [-0.3, -0.25) is 4.90 Å². The van der Waals surface area contributed by atoms with Gasteiger partial charge in [0.25, 0.3) is 0 Å². The van der Waals surface area contributed by atoms with Crippen molar-refractivity contribution in [1.82, 2.24) is 4.90 Å². The number of aliphatic hydroxyl groups is 1. The van der Waals surface area contributed by atoms with Gasteiger partial charge in [-0.25, -0.2) is 0 Å². The smallest absolute Gasteiger partial charge is 0.0540 e. The fraction of sp³-hybridized carbons (Fsp3) is 0.556. The van der Waals surface area contributed by atoms with Crippen molar-refractivity contribution < 1.29 is 5.11 Å². The van der Waals surface area contributed by atoms with Crippen LogP contribution in [0.25, 0.3) is 0 Å². The second-order valence-electron chi connectivity index (χ2n) is 5.50. The number of nitrogens with zero attached hydrogens (tertiary/aromatic N) is 1. The van der Waals surface area contributed by atoms with E-state index < -0.39 is 0 Å². The second-order valence-corrected chi connectivity index (χ2v) is 5.50. The highest BCUT2D eigenvalue weighted by Crippen LogP contribution is 2.21. The first kappa shape index (κ1) is 15.1. The Morgan fingerprint density at radius 2 is 2.25 bits per heavy atom. The predicted molar refractivity (Wildman–Crippen MR) is 83.4 cm³/mol. The van der Waals surface area contributed by atoms with Gasteiger partial charge in [0.15, 0.2) is 0 Å². The minimum Gasteiger partial charge on any atom is -0.395 e. The normalized spacial score (nSPS) is 19.4. The van der Waals surface area contributed by atoms with Gasteiger partial charge in [-0.05, 0) is 43.5 Å². The Hall–Kier alpha value is -1.30. The van der Waals surface area contributed by atoms with E-state index in [0.717, 1.165) is 18.2 Å². The molecule has 2 heteroatoms. The van der Waals surface area contributed by atoms with Crippen molar-refractivity contribution in [3.8, 4) is 11.8 Å². The van der Waals surface area contributed by atoms with Crippen molar-refractivity contribution in [1.29, 1.82) is 0 Å². The molecule has 1 heterocycles. The standard InChI is InChI=1S/C18H25NO/c1-2-18-11-3-5-12-19(18)15-17-10-7-9-16(14-17)8-4-6-13-20/h7,9-10,14,18,20H,2-3,5-6,11-13,15H2,1H3. The number of rotatable bonds is 4. The molecule has 2 rings (SSSR count). The van der Waals surface area contributed by atoms with Crippen LogP contribution in [-0.2, 0) is 6.54 Å². The van der Waals surface area contributed by atoms with Crippen LogP contribution in [-0.4, -0.2) is 29.2 Å². The molecular formula is C18H25NO. The third-order valence-corrected chi connectivity index (χ3v) is 4.00. The van der Waals surface area contributed by atoms with E-state index in [0.29, 0.717) is 6.42 Å². The van der Waals surface area contributed by atoms with Crippen LogP contribution in [0.5, 0.6) is 0 Å². The molecule has 108 valence electrons. The van der Waals surface area contributed by atoms with Crippen LogP contribution in [0.1, 0.15) is 50.2 Å².